The van der Waals surface area contributed by atoms with Gasteiger partial charge in [0, 0.05) is 24.7 Å². The van der Waals surface area contributed by atoms with Crippen LogP contribution in [0.1, 0.15) is 0 Å². The van der Waals surface area contributed by atoms with E-state index in [1.54, 1.807) is 29.2 Å². The van der Waals surface area contributed by atoms with Crippen molar-refractivity contribution in [2.45, 2.75) is 0 Å². The second-order valence-corrected chi connectivity index (χ2v) is 2.13. The van der Waals surface area contributed by atoms with Crippen molar-refractivity contribution < 1.29 is 4.79 Å². The maximum Gasteiger partial charge on any atom is 0.338 e. The number of nitrogens with zero attached hydrogens (tertiary/aromatic N) is 3. The number of primary amides is 1. The number of rotatable bonds is 0. The lowest BCUT2D eigenvalue weighted by atomic mass is 10.7. The number of hydrogen-bond donors (Lipinski definition) is 1. The zero-order valence-electron chi connectivity index (χ0n) is 5.64. The van der Waals surface area contributed by atoms with Gasteiger partial charge in [0.1, 0.15) is 0 Å². The summed E-state index contributed by atoms with van der Waals surface area (Å²) >= 11 is 0. The van der Waals surface area contributed by atoms with Gasteiger partial charge in [-0.25, -0.2) is 19.0 Å². The Morgan fingerprint density at radius 1 is 1.55 bits per heavy atom. The highest BCUT2D eigenvalue weighted by molar-refractivity contribution is 5.74. The molecule has 11 heavy (non-hydrogen) atoms. The van der Waals surface area contributed by atoms with Gasteiger partial charge in [-0.3, -0.25) is 0 Å². The van der Waals surface area contributed by atoms with Gasteiger partial charge in [-0.05, 0) is 0 Å². The first-order chi connectivity index (χ1) is 5.29. The quantitative estimate of drug-likeness (QED) is 0.577. The van der Waals surface area contributed by atoms with E-state index in [0.29, 0.717) is 5.65 Å². The fraction of sp³-hybridized carbons (Fsp3) is 0. The summed E-state index contributed by atoms with van der Waals surface area (Å²) in [5.74, 6) is 0. The fourth-order valence-electron chi connectivity index (χ4n) is 0.999. The maximum absolute atomic E-state index is 10.7. The van der Waals surface area contributed by atoms with E-state index in [0.717, 1.165) is 0 Å². The number of fused-ring (bicyclic) bond motifs is 1. The Bertz CT molecular complexity index is 399. The Balaban J connectivity index is 2.78. The summed E-state index contributed by atoms with van der Waals surface area (Å²) in [6, 6.07) is 1.20. The number of aromatic nitrogens is 3. The molecular formula is C6H6N4O. The van der Waals surface area contributed by atoms with Gasteiger partial charge in [0.05, 0.1) is 0 Å². The molecule has 0 aliphatic carbocycles. The average Bonchev–Trinajstić information content (AvgIpc) is 2.41. The highest BCUT2D eigenvalue weighted by atomic mass is 16.2. The Morgan fingerprint density at radius 3 is 3.09 bits per heavy atom. The molecule has 5 nitrogen and oxygen atoms in total. The standard InChI is InChI=1S/C6H6N4O/c7-6(11)10-3-1-5-8-2-4-9(5)10/h1-4H,(H2,7,11). The van der Waals surface area contributed by atoms with Crippen molar-refractivity contribution in [3.05, 3.63) is 24.7 Å². The van der Waals surface area contributed by atoms with Crippen molar-refractivity contribution >= 4 is 11.7 Å². The van der Waals surface area contributed by atoms with Gasteiger partial charge in [-0.2, -0.15) is 0 Å². The van der Waals surface area contributed by atoms with Crippen molar-refractivity contribution in [2.75, 3.05) is 0 Å². The van der Waals surface area contributed by atoms with E-state index in [9.17, 15) is 4.79 Å². The molecule has 56 valence electrons. The lowest BCUT2D eigenvalue weighted by Gasteiger charge is -1.95. The second-order valence-electron chi connectivity index (χ2n) is 2.13. The van der Waals surface area contributed by atoms with Crippen molar-refractivity contribution in [1.29, 1.82) is 0 Å². The van der Waals surface area contributed by atoms with Crippen LogP contribution in [0.3, 0.4) is 0 Å². The molecule has 2 N–H and O–H groups in total. The van der Waals surface area contributed by atoms with Crippen LogP contribution in [0.15, 0.2) is 24.7 Å². The topological polar surface area (TPSA) is 65.3 Å². The average molecular weight is 150 g/mol. The molecule has 1 amide bonds. The number of imidazole rings is 1. The summed E-state index contributed by atoms with van der Waals surface area (Å²) in [5.41, 5.74) is 5.77. The molecule has 0 fully saturated rings. The van der Waals surface area contributed by atoms with Crippen molar-refractivity contribution in [3.8, 4) is 0 Å². The first-order valence-electron chi connectivity index (χ1n) is 3.09. The fourth-order valence-corrected chi connectivity index (χ4v) is 0.999. The largest absolute Gasteiger partial charge is 0.350 e. The molecule has 0 saturated heterocycles. The highest BCUT2D eigenvalue weighted by Crippen LogP contribution is 1.99. The minimum absolute atomic E-state index is 0.516. The van der Waals surface area contributed by atoms with Crippen molar-refractivity contribution in [2.24, 2.45) is 5.73 Å². The van der Waals surface area contributed by atoms with Gasteiger partial charge in [0.15, 0.2) is 5.65 Å². The molecule has 5 heteroatoms. The normalized spacial score (nSPS) is 10.5. The predicted molar refractivity (Wildman–Crippen MR) is 38.2 cm³/mol. The third-order valence-electron chi connectivity index (χ3n) is 1.47. The second kappa shape index (κ2) is 1.85. The van der Waals surface area contributed by atoms with E-state index in [1.807, 2.05) is 0 Å². The Kier molecular flexibility index (Phi) is 1.00. The van der Waals surface area contributed by atoms with Gasteiger partial charge < -0.3 is 5.73 Å². The van der Waals surface area contributed by atoms with E-state index in [2.05, 4.69) is 4.98 Å². The smallest absolute Gasteiger partial charge is 0.338 e. The zero-order chi connectivity index (χ0) is 7.84. The lowest BCUT2D eigenvalue weighted by Crippen LogP contribution is -2.22. The lowest BCUT2D eigenvalue weighted by molar-refractivity contribution is 0.246. The monoisotopic (exact) mass is 150 g/mol. The molecule has 0 atom stereocenters. The molecule has 0 bridgehead atoms. The Labute approximate surface area is 62.0 Å². The molecule has 2 rings (SSSR count). The molecule has 0 spiro atoms. The van der Waals surface area contributed by atoms with Crippen LogP contribution in [0.5, 0.6) is 0 Å². The molecule has 2 aromatic rings. The van der Waals surface area contributed by atoms with Gasteiger partial charge in [-0.1, -0.05) is 0 Å². The maximum atomic E-state index is 10.7. The van der Waals surface area contributed by atoms with Crippen LogP contribution in [0, 0.1) is 0 Å². The van der Waals surface area contributed by atoms with Crippen LogP contribution < -0.4 is 5.73 Å². The van der Waals surface area contributed by atoms with Crippen LogP contribution in [-0.2, 0) is 0 Å². The first kappa shape index (κ1) is 5.96. The zero-order valence-corrected chi connectivity index (χ0v) is 5.64. The Morgan fingerprint density at radius 2 is 2.36 bits per heavy atom. The summed E-state index contributed by atoms with van der Waals surface area (Å²) in [6.45, 7) is 0. The predicted octanol–water partition coefficient (Wildman–Crippen LogP) is 0.0626. The number of amides is 1. The summed E-state index contributed by atoms with van der Waals surface area (Å²) in [6.07, 6.45) is 4.85. The van der Waals surface area contributed by atoms with Crippen LogP contribution >= 0.6 is 0 Å². The molecule has 0 aliphatic rings. The van der Waals surface area contributed by atoms with Gasteiger partial charge >= 0.3 is 6.03 Å². The van der Waals surface area contributed by atoms with Crippen molar-refractivity contribution in [3.63, 3.8) is 0 Å². The van der Waals surface area contributed by atoms with Gasteiger partial charge in [-0.15, -0.1) is 0 Å². The molecule has 0 radical (unpaired) electrons. The molecular weight excluding hydrogens is 144 g/mol. The third kappa shape index (κ3) is 0.706. The molecule has 2 heterocycles. The minimum Gasteiger partial charge on any atom is -0.350 e. The third-order valence-corrected chi connectivity index (χ3v) is 1.47. The van der Waals surface area contributed by atoms with Gasteiger partial charge in [0.2, 0.25) is 0 Å². The molecule has 0 aromatic carbocycles. The van der Waals surface area contributed by atoms with Crippen molar-refractivity contribution in [1.82, 2.24) is 14.2 Å². The summed E-state index contributed by atoms with van der Waals surface area (Å²) < 4.78 is 2.85. The molecule has 0 unspecified atom stereocenters. The van der Waals surface area contributed by atoms with E-state index in [1.165, 1.54) is 4.68 Å². The van der Waals surface area contributed by atoms with E-state index < -0.39 is 6.03 Å². The molecule has 2 aromatic heterocycles. The van der Waals surface area contributed by atoms with E-state index >= 15 is 0 Å². The molecule has 0 aliphatic heterocycles. The van der Waals surface area contributed by atoms with Crippen LogP contribution in [0.25, 0.3) is 5.65 Å². The summed E-state index contributed by atoms with van der Waals surface area (Å²) in [4.78, 5) is 14.7. The first-order valence-corrected chi connectivity index (χ1v) is 3.09. The highest BCUT2D eigenvalue weighted by Gasteiger charge is 2.02. The van der Waals surface area contributed by atoms with Crippen LogP contribution in [0.4, 0.5) is 4.79 Å². The van der Waals surface area contributed by atoms with E-state index in [-0.39, 0.29) is 0 Å². The molecule has 0 saturated carbocycles. The number of carbonyl (C=O) groups is 1. The summed E-state index contributed by atoms with van der Waals surface area (Å²) in [5, 5.41) is 0. The number of carbonyl (C=O) groups excluding carboxylic acids is 1. The van der Waals surface area contributed by atoms with Crippen LogP contribution in [-0.4, -0.2) is 20.2 Å². The minimum atomic E-state index is -0.516. The summed E-state index contributed by atoms with van der Waals surface area (Å²) in [7, 11) is 0. The Hall–Kier alpha value is -1.78. The number of nitrogens with two attached hydrogens (primary N) is 1. The SMILES string of the molecule is NC(=O)n1ccc2nccn21. The number of hydrogen-bond acceptors (Lipinski definition) is 2. The van der Waals surface area contributed by atoms with Crippen LogP contribution in [0.2, 0.25) is 0 Å². The van der Waals surface area contributed by atoms with E-state index in [4.69, 9.17) is 5.73 Å². The van der Waals surface area contributed by atoms with Gasteiger partial charge in [0.25, 0.3) is 0 Å².